The van der Waals surface area contributed by atoms with E-state index in [4.69, 9.17) is 5.11 Å². The number of hydrogen-bond acceptors (Lipinski definition) is 3. The number of aromatic nitrogens is 1. The van der Waals surface area contributed by atoms with Gasteiger partial charge in [0.2, 0.25) is 0 Å². The number of pyridine rings is 1. The molecule has 0 aliphatic carbocycles. The van der Waals surface area contributed by atoms with Gasteiger partial charge in [-0.3, -0.25) is 4.79 Å². The Hall–Kier alpha value is -2.64. The van der Waals surface area contributed by atoms with Crippen molar-refractivity contribution in [3.05, 3.63) is 35.9 Å². The SMILES string of the molecule is O=C(O)c1cc2ccccc2nc1NC(=O)C(F)(F)F. The van der Waals surface area contributed by atoms with E-state index in [1.165, 1.54) is 11.4 Å². The summed E-state index contributed by atoms with van der Waals surface area (Å²) in [5, 5.41) is 10.9. The number of carboxylic acid groups (broad SMARTS) is 1. The number of anilines is 1. The number of para-hydroxylation sites is 1. The van der Waals surface area contributed by atoms with Gasteiger partial charge < -0.3 is 10.4 Å². The number of rotatable bonds is 2. The van der Waals surface area contributed by atoms with Gasteiger partial charge in [-0.2, -0.15) is 13.2 Å². The molecule has 0 aliphatic heterocycles. The number of amides is 1. The van der Waals surface area contributed by atoms with Crippen molar-refractivity contribution in [2.75, 3.05) is 5.32 Å². The molecule has 5 nitrogen and oxygen atoms in total. The van der Waals surface area contributed by atoms with Crippen molar-refractivity contribution in [3.63, 3.8) is 0 Å². The maximum absolute atomic E-state index is 12.2. The normalized spacial score (nSPS) is 11.3. The Morgan fingerprint density at radius 2 is 1.85 bits per heavy atom. The van der Waals surface area contributed by atoms with E-state index in [0.29, 0.717) is 5.39 Å². The number of carbonyl (C=O) groups excluding carboxylic acids is 1. The zero-order valence-corrected chi connectivity index (χ0v) is 9.73. The molecule has 0 bridgehead atoms. The van der Waals surface area contributed by atoms with Gasteiger partial charge in [0, 0.05) is 5.39 Å². The van der Waals surface area contributed by atoms with Crippen molar-refractivity contribution in [2.24, 2.45) is 0 Å². The van der Waals surface area contributed by atoms with Gasteiger partial charge in [0.05, 0.1) is 5.52 Å². The van der Waals surface area contributed by atoms with Crippen LogP contribution in [0.15, 0.2) is 30.3 Å². The Balaban J connectivity index is 2.53. The summed E-state index contributed by atoms with van der Waals surface area (Å²) in [5.74, 6) is -4.40. The lowest BCUT2D eigenvalue weighted by molar-refractivity contribution is -0.167. The number of carboxylic acids is 1. The summed E-state index contributed by atoms with van der Waals surface area (Å²) >= 11 is 0. The van der Waals surface area contributed by atoms with Crippen LogP contribution in [0, 0.1) is 0 Å². The van der Waals surface area contributed by atoms with Crippen molar-refractivity contribution in [1.29, 1.82) is 0 Å². The second-order valence-electron chi connectivity index (χ2n) is 3.83. The van der Waals surface area contributed by atoms with Crippen molar-refractivity contribution < 1.29 is 27.9 Å². The zero-order valence-electron chi connectivity index (χ0n) is 9.73. The molecule has 2 aromatic rings. The maximum atomic E-state index is 12.2. The number of nitrogens with one attached hydrogen (secondary N) is 1. The third-order valence-corrected chi connectivity index (χ3v) is 2.44. The fraction of sp³-hybridized carbons (Fsp3) is 0.0833. The van der Waals surface area contributed by atoms with E-state index < -0.39 is 29.4 Å². The lowest BCUT2D eigenvalue weighted by Gasteiger charge is -2.10. The number of aromatic carboxylic acids is 1. The largest absolute Gasteiger partial charge is 0.478 e. The van der Waals surface area contributed by atoms with Crippen LogP contribution < -0.4 is 5.32 Å². The number of carbonyl (C=O) groups is 2. The fourth-order valence-electron chi connectivity index (χ4n) is 1.55. The summed E-state index contributed by atoms with van der Waals surface area (Å²) in [5.41, 5.74) is -0.240. The second-order valence-corrected chi connectivity index (χ2v) is 3.83. The molecule has 1 aromatic carbocycles. The quantitative estimate of drug-likeness (QED) is 0.887. The van der Waals surface area contributed by atoms with Crippen molar-refractivity contribution in [3.8, 4) is 0 Å². The van der Waals surface area contributed by atoms with Crippen molar-refractivity contribution in [1.82, 2.24) is 4.98 Å². The Kier molecular flexibility index (Phi) is 3.31. The first kappa shape index (κ1) is 13.8. The fourth-order valence-corrected chi connectivity index (χ4v) is 1.55. The number of fused-ring (bicyclic) bond motifs is 1. The first-order valence-corrected chi connectivity index (χ1v) is 5.30. The molecule has 0 saturated heterocycles. The van der Waals surface area contributed by atoms with Crippen molar-refractivity contribution >= 4 is 28.6 Å². The number of hydrogen-bond donors (Lipinski definition) is 2. The smallest absolute Gasteiger partial charge is 0.471 e. The van der Waals surface area contributed by atoms with E-state index in [-0.39, 0.29) is 5.52 Å². The Labute approximate surface area is 110 Å². The summed E-state index contributed by atoms with van der Waals surface area (Å²) in [6.07, 6.45) is -5.12. The van der Waals surface area contributed by atoms with Gasteiger partial charge in [-0.05, 0) is 12.1 Å². The average Bonchev–Trinajstić information content (AvgIpc) is 2.36. The van der Waals surface area contributed by atoms with Gasteiger partial charge in [0.15, 0.2) is 0 Å². The van der Waals surface area contributed by atoms with E-state index in [9.17, 15) is 22.8 Å². The average molecular weight is 284 g/mol. The highest BCUT2D eigenvalue weighted by molar-refractivity contribution is 6.03. The Bertz CT molecular complexity index is 698. The summed E-state index contributed by atoms with van der Waals surface area (Å²) in [6, 6.07) is 7.42. The standard InChI is InChI=1S/C12H7F3N2O3/c13-12(14,15)11(20)17-9-7(10(18)19)5-6-3-1-2-4-8(6)16-9/h1-5H,(H,18,19)(H,16,17,20). The monoisotopic (exact) mass is 284 g/mol. The highest BCUT2D eigenvalue weighted by Crippen LogP contribution is 2.23. The Morgan fingerprint density at radius 1 is 1.20 bits per heavy atom. The van der Waals surface area contributed by atoms with Crippen LogP contribution in [-0.2, 0) is 4.79 Å². The molecule has 0 atom stereocenters. The molecule has 0 radical (unpaired) electrons. The highest BCUT2D eigenvalue weighted by Gasteiger charge is 2.39. The van der Waals surface area contributed by atoms with Crippen molar-refractivity contribution in [2.45, 2.75) is 6.18 Å². The molecule has 1 aromatic heterocycles. The number of benzene rings is 1. The summed E-state index contributed by atoms with van der Waals surface area (Å²) in [7, 11) is 0. The third kappa shape index (κ3) is 2.68. The first-order chi connectivity index (χ1) is 9.29. The van der Waals surface area contributed by atoms with Crippen LogP contribution in [0.2, 0.25) is 0 Å². The molecule has 0 spiro atoms. The molecular weight excluding hydrogens is 277 g/mol. The molecule has 2 rings (SSSR count). The highest BCUT2D eigenvalue weighted by atomic mass is 19.4. The van der Waals surface area contributed by atoms with E-state index in [1.807, 2.05) is 0 Å². The second kappa shape index (κ2) is 4.80. The molecular formula is C12H7F3N2O3. The third-order valence-electron chi connectivity index (χ3n) is 2.44. The van der Waals surface area contributed by atoms with Gasteiger partial charge >= 0.3 is 18.1 Å². The predicted octanol–water partition coefficient (Wildman–Crippen LogP) is 2.43. The van der Waals surface area contributed by atoms with Gasteiger partial charge in [0.1, 0.15) is 11.4 Å². The summed E-state index contributed by atoms with van der Waals surface area (Å²) < 4.78 is 36.6. The molecule has 1 heterocycles. The summed E-state index contributed by atoms with van der Waals surface area (Å²) in [6.45, 7) is 0. The number of halogens is 3. The topological polar surface area (TPSA) is 79.3 Å². The molecule has 1 amide bonds. The van der Waals surface area contributed by atoms with Gasteiger partial charge in [-0.1, -0.05) is 18.2 Å². The van der Waals surface area contributed by atoms with Gasteiger partial charge in [0.25, 0.3) is 0 Å². The van der Waals surface area contributed by atoms with Crippen LogP contribution in [0.4, 0.5) is 19.0 Å². The molecule has 0 unspecified atom stereocenters. The van der Waals surface area contributed by atoms with Crippen LogP contribution in [0.5, 0.6) is 0 Å². The van der Waals surface area contributed by atoms with Gasteiger partial charge in [-0.25, -0.2) is 9.78 Å². The predicted molar refractivity (Wildman–Crippen MR) is 63.4 cm³/mol. The van der Waals surface area contributed by atoms with E-state index in [0.717, 1.165) is 6.07 Å². The van der Waals surface area contributed by atoms with Crippen LogP contribution in [0.25, 0.3) is 10.9 Å². The van der Waals surface area contributed by atoms with Crippen LogP contribution in [0.3, 0.4) is 0 Å². The van der Waals surface area contributed by atoms with E-state index >= 15 is 0 Å². The van der Waals surface area contributed by atoms with Gasteiger partial charge in [-0.15, -0.1) is 0 Å². The maximum Gasteiger partial charge on any atom is 0.471 e. The lowest BCUT2D eigenvalue weighted by atomic mass is 10.1. The summed E-state index contributed by atoms with van der Waals surface area (Å²) in [4.78, 5) is 25.6. The van der Waals surface area contributed by atoms with Crippen LogP contribution in [0.1, 0.15) is 10.4 Å². The van der Waals surface area contributed by atoms with E-state index in [1.54, 1.807) is 18.2 Å². The minimum atomic E-state index is -5.12. The molecule has 0 aliphatic rings. The first-order valence-electron chi connectivity index (χ1n) is 5.30. The minimum absolute atomic E-state index is 0.273. The zero-order chi connectivity index (χ0) is 14.9. The lowest BCUT2D eigenvalue weighted by Crippen LogP contribution is -2.31. The molecule has 0 fully saturated rings. The van der Waals surface area contributed by atoms with Crippen LogP contribution in [-0.4, -0.2) is 28.1 Å². The molecule has 20 heavy (non-hydrogen) atoms. The number of alkyl halides is 3. The molecule has 8 heteroatoms. The minimum Gasteiger partial charge on any atom is -0.478 e. The number of nitrogens with zero attached hydrogens (tertiary/aromatic N) is 1. The van der Waals surface area contributed by atoms with E-state index in [2.05, 4.69) is 4.98 Å². The molecule has 0 saturated carbocycles. The Morgan fingerprint density at radius 3 is 2.45 bits per heavy atom. The molecule has 2 N–H and O–H groups in total. The molecule has 104 valence electrons. The van der Waals surface area contributed by atoms with Crippen LogP contribution >= 0.6 is 0 Å².